The summed E-state index contributed by atoms with van der Waals surface area (Å²) < 4.78 is 39.6. The van der Waals surface area contributed by atoms with Gasteiger partial charge in [-0.25, -0.2) is 13.2 Å². The van der Waals surface area contributed by atoms with Crippen molar-refractivity contribution >= 4 is 33.3 Å². The molecule has 0 aliphatic rings. The molecular formula is C25H23ClN2O5S. The van der Waals surface area contributed by atoms with Crippen LogP contribution in [0.2, 0.25) is 5.02 Å². The van der Waals surface area contributed by atoms with E-state index in [4.69, 9.17) is 26.3 Å². The highest BCUT2D eigenvalue weighted by Crippen LogP contribution is 2.36. The Bertz CT molecular complexity index is 1290. The first-order chi connectivity index (χ1) is 16.4. The third-order valence-corrected chi connectivity index (χ3v) is 7.17. The minimum Gasteiger partial charge on any atom is -0.495 e. The molecule has 0 spiro atoms. The minimum atomic E-state index is -4.23. The van der Waals surface area contributed by atoms with Gasteiger partial charge in [-0.1, -0.05) is 54.1 Å². The van der Waals surface area contributed by atoms with Crippen LogP contribution in [0, 0.1) is 11.3 Å². The van der Waals surface area contributed by atoms with E-state index in [2.05, 4.69) is 0 Å². The van der Waals surface area contributed by atoms with Crippen molar-refractivity contribution in [3.8, 4) is 11.8 Å². The summed E-state index contributed by atoms with van der Waals surface area (Å²) in [5.41, 5.74) is 1.12. The van der Waals surface area contributed by atoms with E-state index < -0.39 is 16.0 Å². The van der Waals surface area contributed by atoms with Gasteiger partial charge in [0.25, 0.3) is 10.0 Å². The summed E-state index contributed by atoms with van der Waals surface area (Å²) in [7, 11) is -2.77. The Kier molecular flexibility index (Phi) is 8.52. The fourth-order valence-electron chi connectivity index (χ4n) is 3.23. The molecule has 0 aromatic heterocycles. The van der Waals surface area contributed by atoms with E-state index in [1.807, 2.05) is 36.4 Å². The number of rotatable bonds is 10. The van der Waals surface area contributed by atoms with Crippen molar-refractivity contribution < 1.29 is 22.7 Å². The van der Waals surface area contributed by atoms with Gasteiger partial charge in [0.1, 0.15) is 10.6 Å². The van der Waals surface area contributed by atoms with Crippen LogP contribution in [0.3, 0.4) is 0 Å². The number of hydrogen-bond acceptors (Lipinski definition) is 6. The maximum atomic E-state index is 13.9. The number of nitriles is 1. The van der Waals surface area contributed by atoms with Gasteiger partial charge in [0.2, 0.25) is 0 Å². The summed E-state index contributed by atoms with van der Waals surface area (Å²) in [6, 6.07) is 21.8. The Morgan fingerprint density at radius 2 is 1.76 bits per heavy atom. The molecule has 0 heterocycles. The lowest BCUT2D eigenvalue weighted by Crippen LogP contribution is -2.31. The topological polar surface area (TPSA) is 96.7 Å². The Morgan fingerprint density at radius 3 is 2.47 bits per heavy atom. The van der Waals surface area contributed by atoms with Gasteiger partial charge in [-0.05, 0) is 42.3 Å². The molecule has 0 aliphatic carbocycles. The molecule has 0 atom stereocenters. The summed E-state index contributed by atoms with van der Waals surface area (Å²) in [4.78, 5) is 12.2. The van der Waals surface area contributed by atoms with E-state index >= 15 is 0 Å². The second-order valence-electron chi connectivity index (χ2n) is 7.21. The van der Waals surface area contributed by atoms with Crippen LogP contribution in [0.15, 0.2) is 77.7 Å². The van der Waals surface area contributed by atoms with Crippen LogP contribution in [0.25, 0.3) is 0 Å². The van der Waals surface area contributed by atoms with E-state index in [1.165, 1.54) is 29.6 Å². The van der Waals surface area contributed by atoms with Crippen molar-refractivity contribution in [1.29, 1.82) is 5.26 Å². The lowest BCUT2D eigenvalue weighted by molar-refractivity contribution is 0.0501. The zero-order valence-corrected chi connectivity index (χ0v) is 20.1. The van der Waals surface area contributed by atoms with Gasteiger partial charge in [0, 0.05) is 6.42 Å². The number of ether oxygens (including phenoxy) is 2. The number of methoxy groups -OCH3 is 1. The molecule has 3 rings (SSSR count). The second-order valence-corrected chi connectivity index (χ2v) is 9.45. The standard InChI is InChI=1S/C25H23ClN2O5S/c1-32-23-12-6-5-11-22(23)28(18-19-9-3-2-4-10-19)34(30,31)24-17-20(13-14-21(24)26)25(29)33-16-8-7-15-27/h2-6,9-14,17H,7-8,16,18H2,1H3. The summed E-state index contributed by atoms with van der Waals surface area (Å²) in [6.45, 7) is 0.0706. The van der Waals surface area contributed by atoms with Crippen LogP contribution < -0.4 is 9.04 Å². The fraction of sp³-hybridized carbons (Fsp3) is 0.200. The maximum absolute atomic E-state index is 13.9. The van der Waals surface area contributed by atoms with Crippen LogP contribution in [0.1, 0.15) is 28.8 Å². The van der Waals surface area contributed by atoms with E-state index in [0.717, 1.165) is 5.56 Å². The van der Waals surface area contributed by atoms with Crippen LogP contribution in [0.4, 0.5) is 5.69 Å². The van der Waals surface area contributed by atoms with Crippen molar-refractivity contribution in [3.63, 3.8) is 0 Å². The average molecular weight is 499 g/mol. The van der Waals surface area contributed by atoms with Crippen LogP contribution in [-0.2, 0) is 21.3 Å². The predicted molar refractivity (Wildman–Crippen MR) is 129 cm³/mol. The Morgan fingerprint density at radius 1 is 1.06 bits per heavy atom. The zero-order chi connectivity index (χ0) is 24.6. The van der Waals surface area contributed by atoms with Crippen molar-refractivity contribution in [2.24, 2.45) is 0 Å². The molecule has 7 nitrogen and oxygen atoms in total. The molecule has 0 unspecified atom stereocenters. The number of carbonyl (C=O) groups excluding carboxylic acids is 1. The second kappa shape index (κ2) is 11.5. The van der Waals surface area contributed by atoms with Crippen molar-refractivity contribution in [2.45, 2.75) is 24.3 Å². The van der Waals surface area contributed by atoms with Gasteiger partial charge in [-0.2, -0.15) is 5.26 Å². The number of carbonyl (C=O) groups is 1. The van der Waals surface area contributed by atoms with Crippen molar-refractivity contribution in [2.75, 3.05) is 18.0 Å². The summed E-state index contributed by atoms with van der Waals surface area (Å²) >= 11 is 6.31. The first-order valence-electron chi connectivity index (χ1n) is 10.4. The molecule has 3 aromatic rings. The molecule has 0 bridgehead atoms. The third-order valence-electron chi connectivity index (χ3n) is 4.92. The van der Waals surface area contributed by atoms with E-state index in [-0.39, 0.29) is 35.1 Å². The molecule has 0 amide bonds. The highest BCUT2D eigenvalue weighted by molar-refractivity contribution is 7.93. The molecule has 0 N–H and O–H groups in total. The SMILES string of the molecule is COc1ccccc1N(Cc1ccccc1)S(=O)(=O)c1cc(C(=O)OCCCC#N)ccc1Cl. The lowest BCUT2D eigenvalue weighted by Gasteiger charge is -2.26. The molecule has 0 fully saturated rings. The number of para-hydroxylation sites is 2. The Balaban J connectivity index is 2.04. The molecule has 0 saturated heterocycles. The number of nitrogens with zero attached hydrogens (tertiary/aromatic N) is 2. The first-order valence-corrected chi connectivity index (χ1v) is 12.2. The highest BCUT2D eigenvalue weighted by Gasteiger charge is 2.30. The Hall–Kier alpha value is -3.54. The van der Waals surface area contributed by atoms with Gasteiger partial charge < -0.3 is 9.47 Å². The van der Waals surface area contributed by atoms with Gasteiger partial charge in [-0.3, -0.25) is 4.31 Å². The van der Waals surface area contributed by atoms with Crippen LogP contribution in [0.5, 0.6) is 5.75 Å². The predicted octanol–water partition coefficient (Wildman–Crippen LogP) is 5.20. The molecular weight excluding hydrogens is 476 g/mol. The first kappa shape index (κ1) is 25.1. The zero-order valence-electron chi connectivity index (χ0n) is 18.5. The molecule has 0 saturated carbocycles. The monoisotopic (exact) mass is 498 g/mol. The van der Waals surface area contributed by atoms with Crippen LogP contribution in [-0.4, -0.2) is 28.1 Å². The number of hydrogen-bond donors (Lipinski definition) is 0. The Labute approximate surface area is 204 Å². The van der Waals surface area contributed by atoms with E-state index in [0.29, 0.717) is 17.9 Å². The molecule has 0 radical (unpaired) electrons. The van der Waals surface area contributed by atoms with Crippen molar-refractivity contribution in [1.82, 2.24) is 0 Å². The summed E-state index contributed by atoms with van der Waals surface area (Å²) in [6.07, 6.45) is 0.639. The summed E-state index contributed by atoms with van der Waals surface area (Å²) in [5, 5.41) is 8.58. The quantitative estimate of drug-likeness (QED) is 0.281. The normalized spacial score (nSPS) is 10.9. The van der Waals surface area contributed by atoms with Gasteiger partial charge in [0.05, 0.1) is 42.6 Å². The molecule has 34 heavy (non-hydrogen) atoms. The molecule has 176 valence electrons. The molecule has 9 heteroatoms. The van der Waals surface area contributed by atoms with Gasteiger partial charge in [0.15, 0.2) is 0 Å². The fourth-order valence-corrected chi connectivity index (χ4v) is 5.20. The number of anilines is 1. The third kappa shape index (κ3) is 5.87. The number of esters is 1. The number of halogens is 1. The number of sulfonamides is 1. The van der Waals surface area contributed by atoms with E-state index in [1.54, 1.807) is 24.3 Å². The molecule has 0 aliphatic heterocycles. The smallest absolute Gasteiger partial charge is 0.338 e. The number of unbranched alkanes of at least 4 members (excludes halogenated alkanes) is 1. The minimum absolute atomic E-state index is 0.0166. The largest absolute Gasteiger partial charge is 0.495 e. The maximum Gasteiger partial charge on any atom is 0.338 e. The average Bonchev–Trinajstić information content (AvgIpc) is 2.85. The van der Waals surface area contributed by atoms with E-state index in [9.17, 15) is 13.2 Å². The van der Waals surface area contributed by atoms with Gasteiger partial charge >= 0.3 is 5.97 Å². The highest BCUT2D eigenvalue weighted by atomic mass is 35.5. The van der Waals surface area contributed by atoms with Crippen LogP contribution >= 0.6 is 11.6 Å². The molecule has 3 aromatic carbocycles. The lowest BCUT2D eigenvalue weighted by atomic mass is 10.2. The summed E-state index contributed by atoms with van der Waals surface area (Å²) in [5.74, 6) is -0.329. The van der Waals surface area contributed by atoms with Crippen molar-refractivity contribution in [3.05, 3.63) is 88.9 Å². The van der Waals surface area contributed by atoms with Gasteiger partial charge in [-0.15, -0.1) is 0 Å². The number of benzene rings is 3.